The highest BCUT2D eigenvalue weighted by atomic mass is 127. The molecule has 0 bridgehead atoms. The molecule has 0 radical (unpaired) electrons. The second kappa shape index (κ2) is 3.05. The molecule has 0 saturated carbocycles. The van der Waals surface area contributed by atoms with Crippen molar-refractivity contribution in [2.75, 3.05) is 0 Å². The highest BCUT2D eigenvalue weighted by Crippen LogP contribution is 2.06. The van der Waals surface area contributed by atoms with E-state index in [9.17, 15) is 9.18 Å². The largest absolute Gasteiger partial charge is 0.296 e. The van der Waals surface area contributed by atoms with Gasteiger partial charge in [0.25, 0.3) is 0 Å². The van der Waals surface area contributed by atoms with Crippen molar-refractivity contribution in [2.24, 2.45) is 0 Å². The van der Waals surface area contributed by atoms with Crippen molar-refractivity contribution in [3.05, 3.63) is 27.3 Å². The van der Waals surface area contributed by atoms with E-state index in [1.54, 1.807) is 0 Å². The van der Waals surface area contributed by atoms with E-state index in [-0.39, 0.29) is 5.69 Å². The van der Waals surface area contributed by atoms with Crippen LogP contribution in [0.15, 0.2) is 12.3 Å². The van der Waals surface area contributed by atoms with Gasteiger partial charge in [-0.3, -0.25) is 4.79 Å². The van der Waals surface area contributed by atoms with Crippen molar-refractivity contribution in [1.29, 1.82) is 0 Å². The summed E-state index contributed by atoms with van der Waals surface area (Å²) in [5.41, 5.74) is -0.139. The van der Waals surface area contributed by atoms with Gasteiger partial charge < -0.3 is 0 Å². The Morgan fingerprint density at radius 1 is 1.70 bits per heavy atom. The van der Waals surface area contributed by atoms with Crippen molar-refractivity contribution < 1.29 is 9.18 Å². The van der Waals surface area contributed by atoms with Crippen LogP contribution < -0.4 is 0 Å². The van der Waals surface area contributed by atoms with Crippen LogP contribution in [-0.2, 0) is 0 Å². The molecule has 4 heteroatoms. The number of carbonyl (C=O) groups is 1. The van der Waals surface area contributed by atoms with Gasteiger partial charge in [-0.05, 0) is 28.7 Å². The molecule has 10 heavy (non-hydrogen) atoms. The highest BCUT2D eigenvalue weighted by molar-refractivity contribution is 14.1. The maximum Gasteiger partial charge on any atom is 0.171 e. The van der Waals surface area contributed by atoms with Crippen LogP contribution in [0.25, 0.3) is 0 Å². The number of halogens is 2. The summed E-state index contributed by atoms with van der Waals surface area (Å²) in [4.78, 5) is 13.6. The fraction of sp³-hybridized carbons (Fsp3) is 0. The maximum atomic E-state index is 12.6. The summed E-state index contributed by atoms with van der Waals surface area (Å²) >= 11 is 1.92. The summed E-state index contributed by atoms with van der Waals surface area (Å²) < 4.78 is 13.2. The molecule has 0 spiro atoms. The zero-order valence-electron chi connectivity index (χ0n) is 4.84. The molecule has 0 aliphatic carbocycles. The van der Waals surface area contributed by atoms with Crippen LogP contribution in [0.3, 0.4) is 0 Å². The Hall–Kier alpha value is -0.520. The van der Waals surface area contributed by atoms with Crippen LogP contribution >= 0.6 is 22.6 Å². The van der Waals surface area contributed by atoms with Crippen molar-refractivity contribution in [3.63, 3.8) is 0 Å². The molecule has 0 amide bonds. The lowest BCUT2D eigenvalue weighted by molar-refractivity contribution is 0.111. The Morgan fingerprint density at radius 2 is 2.40 bits per heavy atom. The summed E-state index contributed by atoms with van der Waals surface area (Å²) in [6.07, 6.45) is 1.83. The second-order valence-electron chi connectivity index (χ2n) is 1.64. The van der Waals surface area contributed by atoms with Crippen molar-refractivity contribution in [3.8, 4) is 0 Å². The normalized spacial score (nSPS) is 9.40. The number of carbonyl (C=O) groups excluding carboxylic acids is 1. The number of pyridine rings is 1. The van der Waals surface area contributed by atoms with Gasteiger partial charge in [-0.1, -0.05) is 0 Å². The van der Waals surface area contributed by atoms with Crippen LogP contribution in [0.5, 0.6) is 0 Å². The molecule has 1 aromatic heterocycles. The summed E-state index contributed by atoms with van der Waals surface area (Å²) in [5, 5.41) is 0. The van der Waals surface area contributed by atoms with E-state index in [4.69, 9.17) is 0 Å². The molecule has 0 aliphatic rings. The predicted molar refractivity (Wildman–Crippen MR) is 42.3 cm³/mol. The van der Waals surface area contributed by atoms with Crippen LogP contribution in [-0.4, -0.2) is 11.3 Å². The summed E-state index contributed by atoms with van der Waals surface area (Å²) in [6.45, 7) is 0. The highest BCUT2D eigenvalue weighted by Gasteiger charge is 2.00. The monoisotopic (exact) mass is 251 g/mol. The number of hydrogen-bond acceptors (Lipinski definition) is 2. The third kappa shape index (κ3) is 1.50. The maximum absolute atomic E-state index is 12.6. The number of aromatic nitrogens is 1. The molecule has 52 valence electrons. The van der Waals surface area contributed by atoms with Gasteiger partial charge in [0, 0.05) is 9.77 Å². The molecule has 0 aromatic carbocycles. The zero-order valence-corrected chi connectivity index (χ0v) is 7.00. The number of rotatable bonds is 1. The first-order valence-electron chi connectivity index (χ1n) is 2.50. The summed E-state index contributed by atoms with van der Waals surface area (Å²) in [6, 6.07) is 1.26. The van der Waals surface area contributed by atoms with Gasteiger partial charge in [0.2, 0.25) is 0 Å². The SMILES string of the molecule is O=Cc1ncc(I)cc1F. The van der Waals surface area contributed by atoms with Crippen LogP contribution in [0.2, 0.25) is 0 Å². The van der Waals surface area contributed by atoms with Gasteiger partial charge in [-0.25, -0.2) is 9.37 Å². The van der Waals surface area contributed by atoms with Gasteiger partial charge in [-0.15, -0.1) is 0 Å². The van der Waals surface area contributed by atoms with Gasteiger partial charge in [0.15, 0.2) is 12.1 Å². The Kier molecular flexibility index (Phi) is 2.31. The minimum Gasteiger partial charge on any atom is -0.296 e. The lowest BCUT2D eigenvalue weighted by atomic mass is 10.4. The first kappa shape index (κ1) is 7.59. The Labute approximate surface area is 70.6 Å². The third-order valence-electron chi connectivity index (χ3n) is 0.948. The summed E-state index contributed by atoms with van der Waals surface area (Å²) in [5.74, 6) is -0.568. The lowest BCUT2D eigenvalue weighted by Gasteiger charge is -1.91. The minimum absolute atomic E-state index is 0.139. The van der Waals surface area contributed by atoms with Gasteiger partial charge in [0.05, 0.1) is 0 Å². The summed E-state index contributed by atoms with van der Waals surface area (Å²) in [7, 11) is 0. The fourth-order valence-electron chi connectivity index (χ4n) is 0.512. The molecule has 1 aromatic rings. The van der Waals surface area contributed by atoms with E-state index in [2.05, 4.69) is 4.98 Å². The lowest BCUT2D eigenvalue weighted by Crippen LogP contribution is -1.92. The molecule has 0 aliphatic heterocycles. The van der Waals surface area contributed by atoms with Crippen LogP contribution in [0.4, 0.5) is 4.39 Å². The smallest absolute Gasteiger partial charge is 0.171 e. The minimum atomic E-state index is -0.568. The second-order valence-corrected chi connectivity index (χ2v) is 2.88. The van der Waals surface area contributed by atoms with E-state index in [0.717, 1.165) is 0 Å². The van der Waals surface area contributed by atoms with E-state index in [0.29, 0.717) is 9.86 Å². The topological polar surface area (TPSA) is 30.0 Å². The molecule has 1 heterocycles. The van der Waals surface area contributed by atoms with Gasteiger partial charge in [0.1, 0.15) is 5.69 Å². The third-order valence-corrected chi connectivity index (χ3v) is 1.54. The molecule has 0 atom stereocenters. The van der Waals surface area contributed by atoms with Crippen molar-refractivity contribution in [1.82, 2.24) is 4.98 Å². The fourth-order valence-corrected chi connectivity index (χ4v) is 0.925. The molecule has 1 rings (SSSR count). The molecular weight excluding hydrogens is 248 g/mol. The van der Waals surface area contributed by atoms with E-state index >= 15 is 0 Å². The Morgan fingerprint density at radius 3 is 2.90 bits per heavy atom. The van der Waals surface area contributed by atoms with Gasteiger partial charge in [-0.2, -0.15) is 0 Å². The number of hydrogen-bond donors (Lipinski definition) is 0. The van der Waals surface area contributed by atoms with Crippen molar-refractivity contribution in [2.45, 2.75) is 0 Å². The molecule has 0 saturated heterocycles. The van der Waals surface area contributed by atoms with Crippen LogP contribution in [0, 0.1) is 9.39 Å². The zero-order chi connectivity index (χ0) is 7.56. The van der Waals surface area contributed by atoms with E-state index in [1.165, 1.54) is 12.3 Å². The van der Waals surface area contributed by atoms with Crippen molar-refractivity contribution >= 4 is 28.9 Å². The molecule has 0 N–H and O–H groups in total. The van der Waals surface area contributed by atoms with Crippen LogP contribution in [0.1, 0.15) is 10.5 Å². The predicted octanol–water partition coefficient (Wildman–Crippen LogP) is 1.64. The van der Waals surface area contributed by atoms with Gasteiger partial charge >= 0.3 is 0 Å². The number of nitrogens with zero attached hydrogens (tertiary/aromatic N) is 1. The quantitative estimate of drug-likeness (QED) is 0.561. The Bertz CT molecular complexity index is 264. The first-order chi connectivity index (χ1) is 4.74. The molecule has 2 nitrogen and oxygen atoms in total. The van der Waals surface area contributed by atoms with E-state index in [1.807, 2.05) is 22.6 Å². The average Bonchev–Trinajstić information content (AvgIpc) is 1.88. The average molecular weight is 251 g/mol. The Balaban J connectivity index is 3.19. The number of aldehydes is 1. The standard InChI is InChI=1S/C6H3FINO/c7-5-1-4(8)2-9-6(5)3-10/h1-3H. The molecular formula is C6H3FINO. The molecule has 0 unspecified atom stereocenters. The van der Waals surface area contributed by atoms with E-state index < -0.39 is 5.82 Å². The first-order valence-corrected chi connectivity index (χ1v) is 3.58. The molecule has 0 fully saturated rings.